The highest BCUT2D eigenvalue weighted by atomic mass is 16.5. The number of rotatable bonds is 12. The minimum absolute atomic E-state index is 0.0458. The first kappa shape index (κ1) is 29.9. The van der Waals surface area contributed by atoms with Crippen molar-refractivity contribution in [2.45, 2.75) is 58.6 Å². The van der Waals surface area contributed by atoms with Crippen molar-refractivity contribution in [3.63, 3.8) is 0 Å². The van der Waals surface area contributed by atoms with Gasteiger partial charge in [0.05, 0.1) is 38.0 Å². The topological polar surface area (TPSA) is 97.8 Å². The fraction of sp³-hybridized carbons (Fsp3) is 0.515. The van der Waals surface area contributed by atoms with Crippen molar-refractivity contribution >= 4 is 17.4 Å². The minimum Gasteiger partial charge on any atom is -0.507 e. The molecule has 0 radical (unpaired) electrons. The lowest BCUT2D eigenvalue weighted by Crippen LogP contribution is -2.39. The number of morpholine rings is 1. The van der Waals surface area contributed by atoms with Gasteiger partial charge in [0.25, 0.3) is 11.7 Å². The van der Waals surface area contributed by atoms with Crippen LogP contribution in [0.2, 0.25) is 0 Å². The molecule has 226 valence electrons. The summed E-state index contributed by atoms with van der Waals surface area (Å²) >= 11 is 0. The molecule has 0 spiro atoms. The number of Topliss-reactive ketones (excluding diaryl/α,β-unsaturated/α-hetero) is 1. The Morgan fingerprint density at radius 1 is 1.00 bits per heavy atom. The standard InChI is InChI=1S/C33H42N2O7/c1-4-6-16-41-27-11-8-23(21-28(27)40-5-2)30-29(31(36)24-9-10-26-25(20-24)19-22(3)42-26)32(37)33(38)35(30)13-7-12-34-14-17-39-18-15-34/h8-11,20-22,30,36H,4-7,12-19H2,1-3H3/b31-29+/t22-,30+/m0/s1. The third kappa shape index (κ3) is 6.42. The predicted octanol–water partition coefficient (Wildman–Crippen LogP) is 4.73. The van der Waals surface area contributed by atoms with E-state index < -0.39 is 17.7 Å². The van der Waals surface area contributed by atoms with Crippen LogP contribution in [0.25, 0.3) is 5.76 Å². The van der Waals surface area contributed by atoms with E-state index in [1.54, 1.807) is 11.0 Å². The zero-order chi connectivity index (χ0) is 29.6. The van der Waals surface area contributed by atoms with E-state index in [2.05, 4.69) is 11.8 Å². The van der Waals surface area contributed by atoms with E-state index in [-0.39, 0.29) is 17.4 Å². The van der Waals surface area contributed by atoms with Crippen LogP contribution >= 0.6 is 0 Å². The van der Waals surface area contributed by atoms with E-state index >= 15 is 0 Å². The quantitative estimate of drug-likeness (QED) is 0.167. The summed E-state index contributed by atoms with van der Waals surface area (Å²) in [5, 5.41) is 11.6. The van der Waals surface area contributed by atoms with Gasteiger partial charge in [0.15, 0.2) is 11.5 Å². The van der Waals surface area contributed by atoms with Gasteiger partial charge in [-0.2, -0.15) is 0 Å². The van der Waals surface area contributed by atoms with Gasteiger partial charge in [-0.1, -0.05) is 19.4 Å². The summed E-state index contributed by atoms with van der Waals surface area (Å²) in [5.41, 5.74) is 2.23. The molecule has 0 unspecified atom stereocenters. The molecular formula is C33H42N2O7. The Kier molecular flexibility index (Phi) is 9.69. The molecule has 3 heterocycles. The molecule has 0 aromatic heterocycles. The molecule has 0 bridgehead atoms. The molecule has 2 aromatic rings. The van der Waals surface area contributed by atoms with E-state index in [4.69, 9.17) is 18.9 Å². The second-order valence-corrected chi connectivity index (χ2v) is 11.1. The first-order valence-corrected chi connectivity index (χ1v) is 15.2. The largest absolute Gasteiger partial charge is 0.507 e. The van der Waals surface area contributed by atoms with E-state index in [1.165, 1.54) is 0 Å². The van der Waals surface area contributed by atoms with Gasteiger partial charge in [-0.3, -0.25) is 14.5 Å². The van der Waals surface area contributed by atoms with Crippen molar-refractivity contribution in [1.82, 2.24) is 9.80 Å². The normalized spacial score (nSPS) is 21.8. The van der Waals surface area contributed by atoms with E-state index in [1.807, 2.05) is 44.2 Å². The Hall–Kier alpha value is -3.56. The van der Waals surface area contributed by atoms with Gasteiger partial charge in [0.1, 0.15) is 17.6 Å². The van der Waals surface area contributed by atoms with E-state index in [9.17, 15) is 14.7 Å². The van der Waals surface area contributed by atoms with Gasteiger partial charge in [0.2, 0.25) is 0 Å². The lowest BCUT2D eigenvalue weighted by Gasteiger charge is -2.29. The van der Waals surface area contributed by atoms with Crippen molar-refractivity contribution in [2.75, 3.05) is 52.6 Å². The van der Waals surface area contributed by atoms with Crippen LogP contribution in [0.15, 0.2) is 42.0 Å². The third-order valence-electron chi connectivity index (χ3n) is 8.03. The summed E-state index contributed by atoms with van der Waals surface area (Å²) in [5.74, 6) is 0.467. The highest BCUT2D eigenvalue weighted by Gasteiger charge is 2.46. The molecule has 3 aliphatic heterocycles. The van der Waals surface area contributed by atoms with Crippen molar-refractivity contribution in [3.8, 4) is 17.2 Å². The molecule has 2 fully saturated rings. The van der Waals surface area contributed by atoms with Crippen molar-refractivity contribution in [1.29, 1.82) is 0 Å². The molecule has 3 aliphatic rings. The van der Waals surface area contributed by atoms with Crippen LogP contribution in [-0.2, 0) is 20.7 Å². The SMILES string of the molecule is CCCCOc1ccc([C@@H]2/C(=C(\O)c3ccc4c(c3)C[C@H](C)O4)C(=O)C(=O)N2CCCN2CCOCC2)cc1OCC. The molecular weight excluding hydrogens is 536 g/mol. The third-order valence-corrected chi connectivity index (χ3v) is 8.03. The molecule has 9 heteroatoms. The Bertz CT molecular complexity index is 1320. The molecule has 1 amide bonds. The number of aliphatic hydroxyl groups excluding tert-OH is 1. The first-order chi connectivity index (χ1) is 20.4. The first-order valence-electron chi connectivity index (χ1n) is 15.2. The molecule has 0 aliphatic carbocycles. The Balaban J connectivity index is 1.51. The van der Waals surface area contributed by atoms with Crippen molar-refractivity contribution in [3.05, 3.63) is 58.7 Å². The van der Waals surface area contributed by atoms with Crippen LogP contribution in [-0.4, -0.2) is 85.3 Å². The number of benzene rings is 2. The smallest absolute Gasteiger partial charge is 0.295 e. The van der Waals surface area contributed by atoms with Crippen LogP contribution in [0.3, 0.4) is 0 Å². The fourth-order valence-corrected chi connectivity index (χ4v) is 5.88. The van der Waals surface area contributed by atoms with Crippen LogP contribution in [0.4, 0.5) is 0 Å². The lowest BCUT2D eigenvalue weighted by atomic mass is 9.94. The number of ether oxygens (including phenoxy) is 4. The van der Waals surface area contributed by atoms with Crippen LogP contribution in [0.1, 0.15) is 62.8 Å². The number of likely N-dealkylation sites (tertiary alicyclic amines) is 1. The number of carbonyl (C=O) groups excluding carboxylic acids is 2. The molecule has 2 atom stereocenters. The van der Waals surface area contributed by atoms with Crippen LogP contribution in [0.5, 0.6) is 17.2 Å². The van der Waals surface area contributed by atoms with Crippen molar-refractivity contribution < 1.29 is 33.6 Å². The van der Waals surface area contributed by atoms with Gasteiger partial charge in [-0.15, -0.1) is 0 Å². The molecule has 9 nitrogen and oxygen atoms in total. The molecule has 2 saturated heterocycles. The summed E-state index contributed by atoms with van der Waals surface area (Å²) in [6, 6.07) is 10.2. The van der Waals surface area contributed by atoms with Gasteiger partial charge in [-0.25, -0.2) is 0 Å². The number of hydrogen-bond acceptors (Lipinski definition) is 8. The maximum absolute atomic E-state index is 13.6. The molecule has 1 N–H and O–H groups in total. The van der Waals surface area contributed by atoms with E-state index in [0.717, 1.165) is 43.8 Å². The summed E-state index contributed by atoms with van der Waals surface area (Å²) < 4.78 is 23.2. The Morgan fingerprint density at radius 3 is 2.57 bits per heavy atom. The second-order valence-electron chi connectivity index (χ2n) is 11.1. The molecule has 2 aromatic carbocycles. The fourth-order valence-electron chi connectivity index (χ4n) is 5.88. The number of aliphatic hydroxyl groups is 1. The zero-order valence-electron chi connectivity index (χ0n) is 24.9. The highest BCUT2D eigenvalue weighted by molar-refractivity contribution is 6.46. The number of fused-ring (bicyclic) bond motifs is 1. The van der Waals surface area contributed by atoms with Crippen molar-refractivity contribution in [2.24, 2.45) is 0 Å². The second kappa shape index (κ2) is 13.6. The number of carbonyl (C=O) groups is 2. The number of ketones is 1. The Morgan fingerprint density at radius 2 is 1.81 bits per heavy atom. The average molecular weight is 579 g/mol. The lowest BCUT2D eigenvalue weighted by molar-refractivity contribution is -0.140. The van der Waals surface area contributed by atoms with Gasteiger partial charge in [-0.05, 0) is 68.1 Å². The van der Waals surface area contributed by atoms with Gasteiger partial charge < -0.3 is 29.0 Å². The number of hydrogen-bond donors (Lipinski definition) is 1. The highest BCUT2D eigenvalue weighted by Crippen LogP contribution is 2.43. The molecule has 5 rings (SSSR count). The summed E-state index contributed by atoms with van der Waals surface area (Å²) in [7, 11) is 0. The maximum Gasteiger partial charge on any atom is 0.295 e. The minimum atomic E-state index is -0.762. The number of amides is 1. The summed E-state index contributed by atoms with van der Waals surface area (Å²) in [6.45, 7) is 11.2. The summed E-state index contributed by atoms with van der Waals surface area (Å²) in [4.78, 5) is 31.0. The molecule has 42 heavy (non-hydrogen) atoms. The monoisotopic (exact) mass is 578 g/mol. The van der Waals surface area contributed by atoms with Crippen LogP contribution < -0.4 is 14.2 Å². The molecule has 0 saturated carbocycles. The Labute approximate surface area is 248 Å². The summed E-state index contributed by atoms with van der Waals surface area (Å²) in [6.07, 6.45) is 3.38. The zero-order valence-corrected chi connectivity index (χ0v) is 24.9. The van der Waals surface area contributed by atoms with E-state index in [0.29, 0.717) is 68.4 Å². The van der Waals surface area contributed by atoms with Crippen LogP contribution in [0, 0.1) is 0 Å². The van der Waals surface area contributed by atoms with Gasteiger partial charge in [0, 0.05) is 38.2 Å². The maximum atomic E-state index is 13.6. The predicted molar refractivity (Wildman–Crippen MR) is 159 cm³/mol. The van der Waals surface area contributed by atoms with Gasteiger partial charge >= 0.3 is 0 Å². The average Bonchev–Trinajstić information content (AvgIpc) is 3.49. The number of nitrogens with zero attached hydrogens (tertiary/aromatic N) is 2. The number of unbranched alkanes of at least 4 members (excludes halogenated alkanes) is 1.